The van der Waals surface area contributed by atoms with Gasteiger partial charge in [-0.1, -0.05) is 29.3 Å². The van der Waals surface area contributed by atoms with Gasteiger partial charge in [0.2, 0.25) is 5.95 Å². The number of hydrogen-bond acceptors (Lipinski definition) is 3. The van der Waals surface area contributed by atoms with Crippen LogP contribution in [-0.2, 0) is 0 Å². The summed E-state index contributed by atoms with van der Waals surface area (Å²) in [7, 11) is 0. The molecule has 1 aliphatic rings. The normalized spacial score (nSPS) is 16.2. The maximum atomic E-state index is 13.6. The summed E-state index contributed by atoms with van der Waals surface area (Å²) in [5.41, 5.74) is 1.83. The second kappa shape index (κ2) is 6.13. The van der Waals surface area contributed by atoms with E-state index in [2.05, 4.69) is 15.4 Å². The van der Waals surface area contributed by atoms with Gasteiger partial charge >= 0.3 is 0 Å². The molecule has 2 aromatic carbocycles. The van der Waals surface area contributed by atoms with Crippen molar-refractivity contribution >= 4 is 34.8 Å². The third kappa shape index (κ3) is 2.88. The number of nitrogens with zero attached hydrogens (tertiary/aromatic N) is 3. The first kappa shape index (κ1) is 16.1. The summed E-state index contributed by atoms with van der Waals surface area (Å²) >= 11 is 12.3. The van der Waals surface area contributed by atoms with Crippen LogP contribution >= 0.6 is 23.2 Å². The van der Waals surface area contributed by atoms with Crippen LogP contribution in [0.2, 0.25) is 10.0 Å². The van der Waals surface area contributed by atoms with Gasteiger partial charge in [0, 0.05) is 21.3 Å². The number of halogens is 4. The Hall–Kier alpha value is -2.44. The van der Waals surface area contributed by atoms with Gasteiger partial charge in [0.05, 0.1) is 0 Å². The van der Waals surface area contributed by atoms with Crippen LogP contribution in [0.15, 0.2) is 48.8 Å². The average molecular weight is 379 g/mol. The predicted octanol–water partition coefficient (Wildman–Crippen LogP) is 4.92. The van der Waals surface area contributed by atoms with Gasteiger partial charge in [-0.25, -0.2) is 13.5 Å². The smallest absolute Gasteiger partial charge is 0.226 e. The van der Waals surface area contributed by atoms with Crippen molar-refractivity contribution in [2.75, 3.05) is 5.32 Å². The Morgan fingerprint density at radius 1 is 1.04 bits per heavy atom. The van der Waals surface area contributed by atoms with Crippen molar-refractivity contribution in [2.24, 2.45) is 0 Å². The molecule has 0 amide bonds. The van der Waals surface area contributed by atoms with Crippen LogP contribution in [0.4, 0.5) is 14.7 Å². The highest BCUT2D eigenvalue weighted by Crippen LogP contribution is 2.36. The van der Waals surface area contributed by atoms with E-state index in [1.54, 1.807) is 22.9 Å². The van der Waals surface area contributed by atoms with E-state index in [1.807, 2.05) is 6.08 Å². The van der Waals surface area contributed by atoms with Crippen molar-refractivity contribution in [3.8, 4) is 0 Å². The molecule has 1 aromatic heterocycles. The molecule has 0 spiro atoms. The molecule has 1 atom stereocenters. The molecule has 0 fully saturated rings. The lowest BCUT2D eigenvalue weighted by Gasteiger charge is -2.25. The molecule has 3 aromatic rings. The van der Waals surface area contributed by atoms with E-state index in [9.17, 15) is 8.78 Å². The Morgan fingerprint density at radius 2 is 1.88 bits per heavy atom. The predicted molar refractivity (Wildman–Crippen MR) is 92.6 cm³/mol. The molecule has 1 N–H and O–H groups in total. The number of aromatic nitrogens is 3. The molecular formula is C17H10Cl2F2N4. The molecule has 0 radical (unpaired) electrons. The first-order valence-electron chi connectivity index (χ1n) is 7.31. The fourth-order valence-corrected chi connectivity index (χ4v) is 3.25. The largest absolute Gasteiger partial charge is 0.324 e. The van der Waals surface area contributed by atoms with Crippen molar-refractivity contribution in [1.29, 1.82) is 0 Å². The summed E-state index contributed by atoms with van der Waals surface area (Å²) < 4.78 is 28.5. The second-order valence-corrected chi connectivity index (χ2v) is 6.32. The van der Waals surface area contributed by atoms with Crippen molar-refractivity contribution in [1.82, 2.24) is 14.8 Å². The summed E-state index contributed by atoms with van der Waals surface area (Å²) in [5, 5.41) is 8.27. The minimum atomic E-state index is -0.923. The Labute approximate surface area is 151 Å². The summed E-state index contributed by atoms with van der Waals surface area (Å²) in [6.07, 6.45) is 3.23. The minimum absolute atomic E-state index is 0.369. The van der Waals surface area contributed by atoms with E-state index in [4.69, 9.17) is 23.2 Å². The fourth-order valence-electron chi connectivity index (χ4n) is 2.73. The van der Waals surface area contributed by atoms with Crippen molar-refractivity contribution in [2.45, 2.75) is 6.04 Å². The summed E-state index contributed by atoms with van der Waals surface area (Å²) in [6, 6.07) is 8.49. The number of fused-ring (bicyclic) bond motifs is 1. The molecule has 126 valence electrons. The molecule has 0 unspecified atom stereocenters. The number of benzene rings is 2. The van der Waals surface area contributed by atoms with Crippen LogP contribution in [0.3, 0.4) is 0 Å². The van der Waals surface area contributed by atoms with Gasteiger partial charge in [-0.2, -0.15) is 10.1 Å². The van der Waals surface area contributed by atoms with Crippen molar-refractivity contribution < 1.29 is 8.78 Å². The SMILES string of the molecule is Fc1ccc(C2=C[C@@H](c3ccc(Cl)cc3Cl)n3ncnc3N2)cc1F. The molecule has 2 heterocycles. The Balaban J connectivity index is 1.84. The van der Waals surface area contributed by atoms with E-state index in [1.165, 1.54) is 12.4 Å². The van der Waals surface area contributed by atoms with Gasteiger partial charge in [-0.3, -0.25) is 0 Å². The number of nitrogens with one attached hydrogen (secondary N) is 1. The Morgan fingerprint density at radius 3 is 2.64 bits per heavy atom. The lowest BCUT2D eigenvalue weighted by molar-refractivity contribution is 0.508. The number of rotatable bonds is 2. The minimum Gasteiger partial charge on any atom is -0.324 e. The standard InChI is InChI=1S/C17H10Cl2F2N4/c18-10-2-3-11(12(19)6-10)16-7-15(24-17-22-8-23-25(16)17)9-1-4-13(20)14(21)5-9/h1-8,16H,(H,22,23,24)/t16-/m0/s1. The average Bonchev–Trinajstić information content (AvgIpc) is 3.05. The van der Waals surface area contributed by atoms with E-state index >= 15 is 0 Å². The first-order chi connectivity index (χ1) is 12.0. The lowest BCUT2D eigenvalue weighted by Crippen LogP contribution is -2.20. The molecule has 25 heavy (non-hydrogen) atoms. The quantitative estimate of drug-likeness (QED) is 0.688. The zero-order chi connectivity index (χ0) is 17.6. The van der Waals surface area contributed by atoms with Crippen LogP contribution in [0.25, 0.3) is 5.70 Å². The maximum absolute atomic E-state index is 13.6. The zero-order valence-corrected chi connectivity index (χ0v) is 14.1. The topological polar surface area (TPSA) is 42.7 Å². The number of allylic oxidation sites excluding steroid dienone is 1. The van der Waals surface area contributed by atoms with Crippen molar-refractivity contribution in [3.63, 3.8) is 0 Å². The monoisotopic (exact) mass is 378 g/mol. The van der Waals surface area contributed by atoms with Crippen LogP contribution in [0.5, 0.6) is 0 Å². The van der Waals surface area contributed by atoms with E-state index < -0.39 is 11.6 Å². The van der Waals surface area contributed by atoms with E-state index in [0.717, 1.165) is 17.7 Å². The van der Waals surface area contributed by atoms with Crippen LogP contribution in [-0.4, -0.2) is 14.8 Å². The Bertz CT molecular complexity index is 1000. The molecular weight excluding hydrogens is 369 g/mol. The maximum Gasteiger partial charge on any atom is 0.226 e. The van der Waals surface area contributed by atoms with E-state index in [0.29, 0.717) is 27.3 Å². The van der Waals surface area contributed by atoms with Crippen LogP contribution < -0.4 is 5.32 Å². The van der Waals surface area contributed by atoms with Crippen molar-refractivity contribution in [3.05, 3.63) is 81.6 Å². The highest BCUT2D eigenvalue weighted by Gasteiger charge is 2.25. The molecule has 4 rings (SSSR count). The summed E-state index contributed by atoms with van der Waals surface area (Å²) in [6.45, 7) is 0. The zero-order valence-electron chi connectivity index (χ0n) is 12.5. The Kier molecular flexibility index (Phi) is 3.94. The molecule has 8 heteroatoms. The highest BCUT2D eigenvalue weighted by atomic mass is 35.5. The first-order valence-corrected chi connectivity index (χ1v) is 8.07. The molecule has 0 saturated carbocycles. The van der Waals surface area contributed by atoms with Gasteiger partial charge in [0.15, 0.2) is 11.6 Å². The molecule has 0 saturated heterocycles. The summed E-state index contributed by atoms with van der Waals surface area (Å²) in [5.74, 6) is -1.35. The lowest BCUT2D eigenvalue weighted by atomic mass is 10.0. The second-order valence-electron chi connectivity index (χ2n) is 5.47. The molecule has 0 aliphatic carbocycles. The van der Waals surface area contributed by atoms with E-state index in [-0.39, 0.29) is 6.04 Å². The van der Waals surface area contributed by atoms with Gasteiger partial charge in [-0.05, 0) is 42.0 Å². The molecule has 0 bridgehead atoms. The van der Waals surface area contributed by atoms with Crippen LogP contribution in [0, 0.1) is 11.6 Å². The molecule has 4 nitrogen and oxygen atoms in total. The fraction of sp³-hybridized carbons (Fsp3) is 0.0588. The van der Waals surface area contributed by atoms with Gasteiger partial charge < -0.3 is 5.32 Å². The number of hydrogen-bond donors (Lipinski definition) is 1. The van der Waals surface area contributed by atoms with Gasteiger partial charge in [-0.15, -0.1) is 0 Å². The third-order valence-electron chi connectivity index (χ3n) is 3.92. The third-order valence-corrected chi connectivity index (χ3v) is 4.48. The van der Waals surface area contributed by atoms with Gasteiger partial charge in [0.1, 0.15) is 12.4 Å². The highest BCUT2D eigenvalue weighted by molar-refractivity contribution is 6.35. The molecule has 1 aliphatic heterocycles. The summed E-state index contributed by atoms with van der Waals surface area (Å²) in [4.78, 5) is 4.16. The number of anilines is 1. The van der Waals surface area contributed by atoms with Crippen LogP contribution in [0.1, 0.15) is 17.2 Å². The van der Waals surface area contributed by atoms with Gasteiger partial charge in [0.25, 0.3) is 0 Å².